The van der Waals surface area contributed by atoms with Gasteiger partial charge < -0.3 is 14.2 Å². The molecule has 0 saturated carbocycles. The average molecular weight is 310 g/mol. The maximum Gasteiger partial charge on any atom is 0.259 e. The molecule has 1 aromatic heterocycles. The second-order valence-electron chi connectivity index (χ2n) is 5.46. The molecule has 1 aliphatic rings. The standard InChI is InChI=1S/C17H18N4O2/c1-23-15-6-4-5-13-14(11-18)21(17(22)16(13)15)9-3-2-8-20-10-7-19-12-20/h4-7,10,12,14H,2-3,8-9H2,1H3. The molecular formula is C17H18N4O2. The molecule has 1 amide bonds. The first kappa shape index (κ1) is 15.1. The Morgan fingerprint density at radius 3 is 2.87 bits per heavy atom. The molecule has 0 radical (unpaired) electrons. The van der Waals surface area contributed by atoms with Crippen LogP contribution in [0, 0.1) is 11.3 Å². The Balaban J connectivity index is 1.68. The number of carbonyl (C=O) groups is 1. The molecule has 0 fully saturated rings. The molecule has 1 aliphatic heterocycles. The summed E-state index contributed by atoms with van der Waals surface area (Å²) in [5.41, 5.74) is 1.27. The van der Waals surface area contributed by atoms with Crippen LogP contribution in [0.5, 0.6) is 5.75 Å². The predicted molar refractivity (Wildman–Crippen MR) is 83.8 cm³/mol. The van der Waals surface area contributed by atoms with Crippen molar-refractivity contribution in [3.8, 4) is 11.8 Å². The van der Waals surface area contributed by atoms with Gasteiger partial charge in [0.2, 0.25) is 0 Å². The molecule has 0 spiro atoms. The number of rotatable bonds is 6. The highest BCUT2D eigenvalue weighted by Crippen LogP contribution is 2.38. The van der Waals surface area contributed by atoms with E-state index < -0.39 is 6.04 Å². The lowest BCUT2D eigenvalue weighted by atomic mass is 10.0. The van der Waals surface area contributed by atoms with Crippen LogP contribution in [0.4, 0.5) is 0 Å². The zero-order valence-corrected chi connectivity index (χ0v) is 13.0. The van der Waals surface area contributed by atoms with Crippen molar-refractivity contribution >= 4 is 5.91 Å². The molecule has 1 aromatic carbocycles. The van der Waals surface area contributed by atoms with E-state index in [9.17, 15) is 10.1 Å². The molecule has 6 heteroatoms. The predicted octanol–water partition coefficient (Wildman–Crippen LogP) is 2.39. The normalized spacial score (nSPS) is 16.3. The van der Waals surface area contributed by atoms with Gasteiger partial charge in [-0.1, -0.05) is 12.1 Å². The fourth-order valence-corrected chi connectivity index (χ4v) is 2.97. The summed E-state index contributed by atoms with van der Waals surface area (Å²) in [5, 5.41) is 9.47. The molecule has 0 N–H and O–H groups in total. The Labute approximate surface area is 134 Å². The van der Waals surface area contributed by atoms with Crippen LogP contribution in [0.1, 0.15) is 34.8 Å². The van der Waals surface area contributed by atoms with Crippen molar-refractivity contribution in [1.82, 2.24) is 14.5 Å². The number of nitrogens with zero attached hydrogens (tertiary/aromatic N) is 4. The van der Waals surface area contributed by atoms with E-state index in [1.165, 1.54) is 7.11 Å². The average Bonchev–Trinajstić information content (AvgIpc) is 3.18. The lowest BCUT2D eigenvalue weighted by molar-refractivity contribution is 0.0752. The third kappa shape index (κ3) is 2.78. The van der Waals surface area contributed by atoms with Crippen molar-refractivity contribution in [3.63, 3.8) is 0 Å². The lowest BCUT2D eigenvalue weighted by Gasteiger charge is -2.19. The fourth-order valence-electron chi connectivity index (χ4n) is 2.97. The number of amides is 1. The van der Waals surface area contributed by atoms with Gasteiger partial charge in [-0.05, 0) is 18.9 Å². The van der Waals surface area contributed by atoms with Gasteiger partial charge in [-0.3, -0.25) is 4.79 Å². The summed E-state index contributed by atoms with van der Waals surface area (Å²) in [7, 11) is 1.54. The van der Waals surface area contributed by atoms with Crippen molar-refractivity contribution in [3.05, 3.63) is 48.0 Å². The maximum absolute atomic E-state index is 12.6. The van der Waals surface area contributed by atoms with E-state index >= 15 is 0 Å². The Hall–Kier alpha value is -2.81. The van der Waals surface area contributed by atoms with Gasteiger partial charge in [-0.2, -0.15) is 5.26 Å². The monoisotopic (exact) mass is 310 g/mol. The quantitative estimate of drug-likeness (QED) is 0.768. The molecule has 1 atom stereocenters. The van der Waals surface area contributed by atoms with Crippen LogP contribution in [-0.4, -0.2) is 34.0 Å². The van der Waals surface area contributed by atoms with Gasteiger partial charge in [-0.15, -0.1) is 0 Å². The van der Waals surface area contributed by atoms with Crippen LogP contribution in [0.25, 0.3) is 0 Å². The first-order chi connectivity index (χ1) is 11.3. The van der Waals surface area contributed by atoms with Crippen molar-refractivity contribution in [2.24, 2.45) is 0 Å². The van der Waals surface area contributed by atoms with E-state index in [1.54, 1.807) is 23.5 Å². The number of unbranched alkanes of at least 4 members (excludes halogenated alkanes) is 1. The molecule has 6 nitrogen and oxygen atoms in total. The second-order valence-corrected chi connectivity index (χ2v) is 5.46. The van der Waals surface area contributed by atoms with Crippen LogP contribution in [-0.2, 0) is 6.54 Å². The van der Waals surface area contributed by atoms with E-state index in [0.717, 1.165) is 24.9 Å². The minimum Gasteiger partial charge on any atom is -0.496 e. The Morgan fingerprint density at radius 2 is 2.17 bits per heavy atom. The molecule has 2 heterocycles. The van der Waals surface area contributed by atoms with Crippen LogP contribution < -0.4 is 4.74 Å². The van der Waals surface area contributed by atoms with Crippen LogP contribution in [0.15, 0.2) is 36.9 Å². The van der Waals surface area contributed by atoms with Gasteiger partial charge in [0, 0.05) is 31.0 Å². The van der Waals surface area contributed by atoms with Gasteiger partial charge in [0.1, 0.15) is 11.8 Å². The van der Waals surface area contributed by atoms with Crippen molar-refractivity contribution in [2.45, 2.75) is 25.4 Å². The molecule has 23 heavy (non-hydrogen) atoms. The number of nitriles is 1. The van der Waals surface area contributed by atoms with Gasteiger partial charge >= 0.3 is 0 Å². The van der Waals surface area contributed by atoms with E-state index in [1.807, 2.05) is 22.9 Å². The Kier molecular flexibility index (Phi) is 4.29. The zero-order valence-electron chi connectivity index (χ0n) is 13.0. The van der Waals surface area contributed by atoms with Crippen LogP contribution in [0.3, 0.4) is 0 Å². The number of hydrogen-bond donors (Lipinski definition) is 0. The number of methoxy groups -OCH3 is 1. The summed E-state index contributed by atoms with van der Waals surface area (Å²) in [6.07, 6.45) is 7.20. The number of ether oxygens (including phenoxy) is 1. The molecule has 2 aromatic rings. The molecule has 3 rings (SSSR count). The number of aryl methyl sites for hydroxylation is 1. The van der Waals surface area contributed by atoms with Gasteiger partial charge in [0.25, 0.3) is 5.91 Å². The molecule has 0 bridgehead atoms. The highest BCUT2D eigenvalue weighted by molar-refractivity contribution is 6.02. The van der Waals surface area contributed by atoms with E-state index in [2.05, 4.69) is 11.1 Å². The van der Waals surface area contributed by atoms with Crippen LogP contribution >= 0.6 is 0 Å². The number of hydrogen-bond acceptors (Lipinski definition) is 4. The maximum atomic E-state index is 12.6. The second kappa shape index (κ2) is 6.53. The van der Waals surface area contributed by atoms with Crippen molar-refractivity contribution in [1.29, 1.82) is 5.26 Å². The van der Waals surface area contributed by atoms with E-state index in [4.69, 9.17) is 4.74 Å². The summed E-state index contributed by atoms with van der Waals surface area (Å²) in [4.78, 5) is 18.3. The number of imidazole rings is 1. The molecule has 0 saturated heterocycles. The Bertz CT molecular complexity index is 734. The zero-order chi connectivity index (χ0) is 16.2. The van der Waals surface area contributed by atoms with Gasteiger partial charge in [-0.25, -0.2) is 4.98 Å². The first-order valence-corrected chi connectivity index (χ1v) is 7.59. The number of carbonyl (C=O) groups excluding carboxylic acids is 1. The highest BCUT2D eigenvalue weighted by Gasteiger charge is 2.38. The SMILES string of the molecule is COc1cccc2c1C(=O)N(CCCCn1ccnc1)C2C#N. The topological polar surface area (TPSA) is 71.2 Å². The van der Waals surface area contributed by atoms with Gasteiger partial charge in [0.15, 0.2) is 0 Å². The summed E-state index contributed by atoms with van der Waals surface area (Å²) in [6.45, 7) is 1.42. The van der Waals surface area contributed by atoms with Crippen molar-refractivity contribution < 1.29 is 9.53 Å². The number of fused-ring (bicyclic) bond motifs is 1. The third-order valence-corrected chi connectivity index (χ3v) is 4.11. The summed E-state index contributed by atoms with van der Waals surface area (Å²) in [6, 6.07) is 7.12. The molecule has 1 unspecified atom stereocenters. The largest absolute Gasteiger partial charge is 0.496 e. The number of benzene rings is 1. The summed E-state index contributed by atoms with van der Waals surface area (Å²) < 4.78 is 7.28. The summed E-state index contributed by atoms with van der Waals surface area (Å²) in [5.74, 6) is 0.417. The van der Waals surface area contributed by atoms with E-state index in [-0.39, 0.29) is 5.91 Å². The minimum atomic E-state index is -0.527. The number of aromatic nitrogens is 2. The minimum absolute atomic E-state index is 0.119. The third-order valence-electron chi connectivity index (χ3n) is 4.11. The van der Waals surface area contributed by atoms with Crippen LogP contribution in [0.2, 0.25) is 0 Å². The smallest absolute Gasteiger partial charge is 0.259 e. The first-order valence-electron chi connectivity index (χ1n) is 7.59. The lowest BCUT2D eigenvalue weighted by Crippen LogP contribution is -2.28. The van der Waals surface area contributed by atoms with Gasteiger partial charge in [0.05, 0.1) is 25.1 Å². The summed E-state index contributed by atoms with van der Waals surface area (Å²) >= 11 is 0. The molecular weight excluding hydrogens is 292 g/mol. The van der Waals surface area contributed by atoms with Crippen molar-refractivity contribution in [2.75, 3.05) is 13.7 Å². The molecule has 0 aliphatic carbocycles. The highest BCUT2D eigenvalue weighted by atomic mass is 16.5. The Morgan fingerprint density at radius 1 is 1.35 bits per heavy atom. The molecule has 118 valence electrons. The fraction of sp³-hybridized carbons (Fsp3) is 0.353. The van der Waals surface area contributed by atoms with E-state index in [0.29, 0.717) is 17.9 Å².